The number of rotatable bonds is 4. The summed E-state index contributed by atoms with van der Waals surface area (Å²) in [6.07, 6.45) is 7.16. The summed E-state index contributed by atoms with van der Waals surface area (Å²) in [6.45, 7) is 2.91. The molecular weight excluding hydrogens is 312 g/mol. The Morgan fingerprint density at radius 3 is 2.79 bits per heavy atom. The van der Waals surface area contributed by atoms with Crippen molar-refractivity contribution in [2.45, 2.75) is 25.5 Å². The van der Waals surface area contributed by atoms with Gasteiger partial charge in [0.05, 0.1) is 12.7 Å². The second-order valence-corrected chi connectivity index (χ2v) is 6.95. The van der Waals surface area contributed by atoms with Gasteiger partial charge in [-0.3, -0.25) is 4.90 Å². The molecule has 1 spiro atoms. The van der Waals surface area contributed by atoms with Gasteiger partial charge in [-0.15, -0.1) is 0 Å². The van der Waals surface area contributed by atoms with Gasteiger partial charge in [0.1, 0.15) is 6.33 Å². The summed E-state index contributed by atoms with van der Waals surface area (Å²) in [5.74, 6) is -1.51. The fourth-order valence-corrected chi connectivity index (χ4v) is 3.87. The molecule has 126 valence electrons. The molecule has 2 saturated heterocycles. The van der Waals surface area contributed by atoms with Crippen molar-refractivity contribution >= 4 is 0 Å². The average Bonchev–Trinajstić information content (AvgIpc) is 2.96. The van der Waals surface area contributed by atoms with Crippen molar-refractivity contribution in [3.05, 3.63) is 59.7 Å². The minimum Gasteiger partial charge on any atom is -0.377 e. The Morgan fingerprint density at radius 1 is 1.21 bits per heavy atom. The number of hydrogen-bond acceptors (Lipinski definition) is 4. The molecule has 24 heavy (non-hydrogen) atoms. The molecule has 4 rings (SSSR count). The third-order valence-electron chi connectivity index (χ3n) is 4.91. The molecule has 2 aliphatic heterocycles. The van der Waals surface area contributed by atoms with E-state index in [-0.39, 0.29) is 11.5 Å². The molecule has 2 fully saturated rings. The quantitative estimate of drug-likeness (QED) is 0.863. The molecule has 0 unspecified atom stereocenters. The summed E-state index contributed by atoms with van der Waals surface area (Å²) in [5.41, 5.74) is 1.66. The van der Waals surface area contributed by atoms with E-state index in [0.717, 1.165) is 44.2 Å². The number of benzene rings is 1. The van der Waals surface area contributed by atoms with Crippen molar-refractivity contribution in [2.75, 3.05) is 19.7 Å². The molecule has 6 heteroatoms. The normalized spacial score (nSPS) is 22.7. The lowest BCUT2D eigenvalue weighted by atomic mass is 9.77. The number of nitrogens with zero attached hydrogens (tertiary/aromatic N) is 3. The first-order valence-corrected chi connectivity index (χ1v) is 8.14. The van der Waals surface area contributed by atoms with E-state index in [4.69, 9.17) is 4.74 Å². The lowest BCUT2D eigenvalue weighted by Crippen LogP contribution is -2.56. The Labute approximate surface area is 139 Å². The second kappa shape index (κ2) is 6.18. The van der Waals surface area contributed by atoms with Crippen LogP contribution in [0.1, 0.15) is 17.5 Å². The average molecular weight is 331 g/mol. The third-order valence-corrected chi connectivity index (χ3v) is 4.91. The molecular formula is C18H19F2N3O. The number of ether oxygens (including phenoxy) is 1. The van der Waals surface area contributed by atoms with Crippen LogP contribution >= 0.6 is 0 Å². The standard InChI is InChI=1S/C18H19F2N3O/c19-16-3-1-2-14(17(16)20)8-23-9-18(10-23)5-15(24-11-18)4-13-6-21-12-22-7-13/h1-3,6-7,12,15H,4-5,8-11H2/t15-/m0/s1. The summed E-state index contributed by atoms with van der Waals surface area (Å²) in [7, 11) is 0. The van der Waals surface area contributed by atoms with Crippen LogP contribution in [-0.4, -0.2) is 40.7 Å². The van der Waals surface area contributed by atoms with Gasteiger partial charge in [-0.1, -0.05) is 12.1 Å². The molecule has 1 aromatic carbocycles. The van der Waals surface area contributed by atoms with Crippen LogP contribution in [0.25, 0.3) is 0 Å². The van der Waals surface area contributed by atoms with E-state index in [1.54, 1.807) is 12.1 Å². The highest BCUT2D eigenvalue weighted by Crippen LogP contribution is 2.42. The number of hydrogen-bond donors (Lipinski definition) is 0. The van der Waals surface area contributed by atoms with Crippen LogP contribution in [0.3, 0.4) is 0 Å². The van der Waals surface area contributed by atoms with Crippen molar-refractivity contribution in [3.63, 3.8) is 0 Å². The van der Waals surface area contributed by atoms with Crippen molar-refractivity contribution < 1.29 is 13.5 Å². The van der Waals surface area contributed by atoms with Gasteiger partial charge in [-0.05, 0) is 18.1 Å². The van der Waals surface area contributed by atoms with Crippen LogP contribution in [0, 0.1) is 17.0 Å². The molecule has 0 bridgehead atoms. The minimum atomic E-state index is -0.780. The maximum Gasteiger partial charge on any atom is 0.163 e. The Balaban J connectivity index is 1.32. The molecule has 0 N–H and O–H groups in total. The topological polar surface area (TPSA) is 38.2 Å². The summed E-state index contributed by atoms with van der Waals surface area (Å²) in [6, 6.07) is 4.35. The fraction of sp³-hybridized carbons (Fsp3) is 0.444. The molecule has 1 atom stereocenters. The predicted molar refractivity (Wildman–Crippen MR) is 84.2 cm³/mol. The van der Waals surface area contributed by atoms with Gasteiger partial charge in [0.15, 0.2) is 11.6 Å². The Bertz CT molecular complexity index is 719. The van der Waals surface area contributed by atoms with E-state index in [9.17, 15) is 8.78 Å². The van der Waals surface area contributed by atoms with Gasteiger partial charge >= 0.3 is 0 Å². The lowest BCUT2D eigenvalue weighted by molar-refractivity contribution is -0.0147. The van der Waals surface area contributed by atoms with Crippen LogP contribution in [0.2, 0.25) is 0 Å². The molecule has 3 heterocycles. The van der Waals surface area contributed by atoms with E-state index in [0.29, 0.717) is 12.1 Å². The van der Waals surface area contributed by atoms with Crippen molar-refractivity contribution in [2.24, 2.45) is 5.41 Å². The fourth-order valence-electron chi connectivity index (χ4n) is 3.87. The highest BCUT2D eigenvalue weighted by atomic mass is 19.2. The van der Waals surface area contributed by atoms with E-state index in [1.165, 1.54) is 6.33 Å². The molecule has 0 amide bonds. The van der Waals surface area contributed by atoms with Crippen LogP contribution in [-0.2, 0) is 17.7 Å². The molecule has 0 radical (unpaired) electrons. The summed E-state index contributed by atoms with van der Waals surface area (Å²) >= 11 is 0. The van der Waals surface area contributed by atoms with E-state index in [1.807, 2.05) is 12.4 Å². The molecule has 1 aromatic heterocycles. The van der Waals surface area contributed by atoms with Gasteiger partial charge in [0.25, 0.3) is 0 Å². The van der Waals surface area contributed by atoms with Gasteiger partial charge in [-0.2, -0.15) is 0 Å². The zero-order chi connectivity index (χ0) is 16.6. The number of aromatic nitrogens is 2. The highest BCUT2D eigenvalue weighted by Gasteiger charge is 2.48. The highest BCUT2D eigenvalue weighted by molar-refractivity contribution is 5.20. The maximum absolute atomic E-state index is 13.8. The third kappa shape index (κ3) is 3.03. The van der Waals surface area contributed by atoms with Crippen LogP contribution in [0.5, 0.6) is 0 Å². The largest absolute Gasteiger partial charge is 0.377 e. The predicted octanol–water partition coefficient (Wildman–Crippen LogP) is 2.59. The molecule has 2 aliphatic rings. The summed E-state index contributed by atoms with van der Waals surface area (Å²) in [4.78, 5) is 10.2. The van der Waals surface area contributed by atoms with Crippen molar-refractivity contribution in [1.82, 2.24) is 14.9 Å². The van der Waals surface area contributed by atoms with E-state index >= 15 is 0 Å². The SMILES string of the molecule is Fc1cccc(CN2CC3(CO[C@@H](Cc4cncnc4)C3)C2)c1F. The Hall–Kier alpha value is -1.92. The van der Waals surface area contributed by atoms with Gasteiger partial charge in [0.2, 0.25) is 0 Å². The minimum absolute atomic E-state index is 0.157. The number of halogens is 2. The first-order chi connectivity index (χ1) is 11.6. The Morgan fingerprint density at radius 2 is 2.00 bits per heavy atom. The van der Waals surface area contributed by atoms with Crippen molar-refractivity contribution in [1.29, 1.82) is 0 Å². The first-order valence-electron chi connectivity index (χ1n) is 8.14. The molecule has 0 saturated carbocycles. The molecule has 4 nitrogen and oxygen atoms in total. The van der Waals surface area contributed by atoms with Crippen molar-refractivity contribution in [3.8, 4) is 0 Å². The molecule has 0 aliphatic carbocycles. The van der Waals surface area contributed by atoms with E-state index < -0.39 is 11.6 Å². The lowest BCUT2D eigenvalue weighted by Gasteiger charge is -2.47. The summed E-state index contributed by atoms with van der Waals surface area (Å²) in [5, 5.41) is 0. The van der Waals surface area contributed by atoms with Crippen LogP contribution in [0.4, 0.5) is 8.78 Å². The monoisotopic (exact) mass is 331 g/mol. The van der Waals surface area contributed by atoms with Crippen LogP contribution < -0.4 is 0 Å². The molecule has 2 aromatic rings. The summed E-state index contributed by atoms with van der Waals surface area (Å²) < 4.78 is 33.0. The Kier molecular flexibility index (Phi) is 4.02. The zero-order valence-corrected chi connectivity index (χ0v) is 13.3. The maximum atomic E-state index is 13.8. The number of likely N-dealkylation sites (tertiary alicyclic amines) is 1. The smallest absolute Gasteiger partial charge is 0.163 e. The first kappa shape index (κ1) is 15.6. The second-order valence-electron chi connectivity index (χ2n) is 6.95. The van der Waals surface area contributed by atoms with Crippen LogP contribution in [0.15, 0.2) is 36.9 Å². The van der Waals surface area contributed by atoms with Gasteiger partial charge in [-0.25, -0.2) is 18.7 Å². The zero-order valence-electron chi connectivity index (χ0n) is 13.3. The van der Waals surface area contributed by atoms with Gasteiger partial charge < -0.3 is 4.74 Å². The van der Waals surface area contributed by atoms with Gasteiger partial charge in [0, 0.05) is 49.4 Å². The van der Waals surface area contributed by atoms with E-state index in [2.05, 4.69) is 14.9 Å².